The Morgan fingerprint density at radius 2 is 2.04 bits per heavy atom. The van der Waals surface area contributed by atoms with Gasteiger partial charge in [-0.25, -0.2) is 0 Å². The molecule has 1 aliphatic carbocycles. The lowest BCUT2D eigenvalue weighted by atomic mass is 9.46. The van der Waals surface area contributed by atoms with Gasteiger partial charge in [0.25, 0.3) is 0 Å². The lowest BCUT2D eigenvalue weighted by Gasteiger charge is -2.65. The van der Waals surface area contributed by atoms with Crippen LogP contribution in [-0.4, -0.2) is 24.2 Å². The predicted octanol–water partition coefficient (Wildman–Crippen LogP) is 3.13. The minimum absolute atomic E-state index is 0. The summed E-state index contributed by atoms with van der Waals surface area (Å²) in [6, 6.07) is 8.08. The van der Waals surface area contributed by atoms with Gasteiger partial charge in [0.05, 0.1) is 12.1 Å². The highest BCUT2D eigenvalue weighted by atomic mass is 35.5. The number of halogens is 1. The van der Waals surface area contributed by atoms with Crippen molar-refractivity contribution in [2.24, 2.45) is 17.1 Å². The number of amides is 1. The van der Waals surface area contributed by atoms with E-state index in [2.05, 4.69) is 38.2 Å². The Bertz CT molecular complexity index is 619. The summed E-state index contributed by atoms with van der Waals surface area (Å²) >= 11 is 0. The van der Waals surface area contributed by atoms with Gasteiger partial charge in [-0.3, -0.25) is 4.79 Å². The highest BCUT2D eigenvalue weighted by molar-refractivity contribution is 5.89. The van der Waals surface area contributed by atoms with Crippen LogP contribution in [-0.2, 0) is 9.53 Å². The maximum absolute atomic E-state index is 13.0. The van der Waals surface area contributed by atoms with Crippen molar-refractivity contribution in [2.45, 2.75) is 58.2 Å². The van der Waals surface area contributed by atoms with Crippen LogP contribution < -0.4 is 11.1 Å². The van der Waals surface area contributed by atoms with Gasteiger partial charge < -0.3 is 15.8 Å². The fraction of sp³-hybridized carbons (Fsp3) is 0.632. The molecule has 1 saturated carbocycles. The highest BCUT2D eigenvalue weighted by Crippen LogP contribution is 2.57. The first-order chi connectivity index (χ1) is 10.8. The molecule has 5 heteroatoms. The van der Waals surface area contributed by atoms with E-state index in [1.807, 2.05) is 19.1 Å². The van der Waals surface area contributed by atoms with E-state index in [1.165, 1.54) is 5.56 Å². The van der Waals surface area contributed by atoms with Gasteiger partial charge >= 0.3 is 0 Å². The molecule has 2 fully saturated rings. The maximum Gasteiger partial charge on any atom is 0.241 e. The van der Waals surface area contributed by atoms with Crippen molar-refractivity contribution in [1.29, 1.82) is 0 Å². The number of carbonyl (C=O) groups is 1. The van der Waals surface area contributed by atoms with E-state index >= 15 is 0 Å². The molecule has 1 saturated heterocycles. The van der Waals surface area contributed by atoms with Gasteiger partial charge in [-0.2, -0.15) is 0 Å². The number of aryl methyl sites for hydroxylation is 1. The highest BCUT2D eigenvalue weighted by Gasteiger charge is 2.70. The molecule has 1 aromatic carbocycles. The molecular weight excluding hydrogens is 324 g/mol. The molecule has 4 nitrogen and oxygen atoms in total. The van der Waals surface area contributed by atoms with E-state index in [4.69, 9.17) is 10.5 Å². The Balaban J connectivity index is 0.00000208. The van der Waals surface area contributed by atoms with Gasteiger partial charge in [-0.05, 0) is 37.8 Å². The van der Waals surface area contributed by atoms with E-state index in [0.717, 1.165) is 25.0 Å². The first-order valence-corrected chi connectivity index (χ1v) is 8.57. The smallest absolute Gasteiger partial charge is 0.241 e. The topological polar surface area (TPSA) is 64.4 Å². The number of hydrogen-bond donors (Lipinski definition) is 2. The molecule has 0 spiro atoms. The minimum Gasteiger partial charge on any atom is -0.377 e. The molecule has 134 valence electrons. The molecule has 0 aromatic heterocycles. The first-order valence-electron chi connectivity index (χ1n) is 8.57. The number of nitrogens with two attached hydrogens (primary N) is 1. The van der Waals surface area contributed by atoms with Crippen LogP contribution in [0.3, 0.4) is 0 Å². The summed E-state index contributed by atoms with van der Waals surface area (Å²) in [6.07, 6.45) is 2.05. The summed E-state index contributed by atoms with van der Waals surface area (Å²) in [7, 11) is 0. The summed E-state index contributed by atoms with van der Waals surface area (Å²) in [4.78, 5) is 13.0. The molecule has 1 aliphatic heterocycles. The molecule has 3 rings (SSSR count). The molecule has 2 aliphatic rings. The van der Waals surface area contributed by atoms with Crippen LogP contribution in [0.15, 0.2) is 24.3 Å². The summed E-state index contributed by atoms with van der Waals surface area (Å²) in [5.41, 5.74) is 7.78. The normalized spacial score (nSPS) is 31.9. The lowest BCUT2D eigenvalue weighted by molar-refractivity contribution is -0.225. The first kappa shape index (κ1) is 19.2. The van der Waals surface area contributed by atoms with E-state index in [1.54, 1.807) is 0 Å². The zero-order valence-corrected chi connectivity index (χ0v) is 15.8. The fourth-order valence-corrected chi connectivity index (χ4v) is 4.50. The van der Waals surface area contributed by atoms with E-state index < -0.39 is 5.54 Å². The Kier molecular flexibility index (Phi) is 5.34. The van der Waals surface area contributed by atoms with Crippen molar-refractivity contribution in [1.82, 2.24) is 5.32 Å². The predicted molar refractivity (Wildman–Crippen MR) is 98.1 cm³/mol. The largest absolute Gasteiger partial charge is 0.377 e. The number of fused-ring (bicyclic) bond motifs is 1. The van der Waals surface area contributed by atoms with Gasteiger partial charge in [0, 0.05) is 17.9 Å². The molecule has 24 heavy (non-hydrogen) atoms. The second kappa shape index (κ2) is 6.66. The molecule has 0 radical (unpaired) electrons. The van der Waals surface area contributed by atoms with E-state index in [9.17, 15) is 4.79 Å². The quantitative estimate of drug-likeness (QED) is 0.878. The van der Waals surface area contributed by atoms with Crippen LogP contribution in [0.1, 0.15) is 50.8 Å². The van der Waals surface area contributed by atoms with Crippen molar-refractivity contribution < 1.29 is 9.53 Å². The number of rotatable bonds is 3. The van der Waals surface area contributed by atoms with E-state index in [0.29, 0.717) is 0 Å². The number of hydrogen-bond acceptors (Lipinski definition) is 3. The third-order valence-electron chi connectivity index (χ3n) is 6.06. The standard InChI is InChI=1S/C19H28N2O2.ClH/c1-12-8-5-6-9-14(12)13(2)21-17(22)19(20)15-10-7-11-23-16(15)18(19,3)4;/h5-6,8-9,13,15-16H,7,10-11,20H2,1-4H3,(H,21,22);1H. The van der Waals surface area contributed by atoms with Crippen LogP contribution in [0.25, 0.3) is 0 Å². The molecular formula is C19H29ClN2O2. The maximum atomic E-state index is 13.0. The Labute approximate surface area is 150 Å². The van der Waals surface area contributed by atoms with Crippen LogP contribution in [0.4, 0.5) is 0 Å². The second-order valence-corrected chi connectivity index (χ2v) is 7.68. The van der Waals surface area contributed by atoms with Gasteiger partial charge in [0.1, 0.15) is 5.54 Å². The van der Waals surface area contributed by atoms with Gasteiger partial charge in [0.2, 0.25) is 5.91 Å². The van der Waals surface area contributed by atoms with Crippen LogP contribution in [0.2, 0.25) is 0 Å². The van der Waals surface area contributed by atoms with Crippen molar-refractivity contribution in [3.05, 3.63) is 35.4 Å². The molecule has 0 bridgehead atoms. The Morgan fingerprint density at radius 1 is 1.38 bits per heavy atom. The molecule has 1 amide bonds. The monoisotopic (exact) mass is 352 g/mol. The summed E-state index contributed by atoms with van der Waals surface area (Å²) in [6.45, 7) is 8.97. The third kappa shape index (κ3) is 2.65. The van der Waals surface area contributed by atoms with Crippen LogP contribution in [0, 0.1) is 18.3 Å². The van der Waals surface area contributed by atoms with Gasteiger partial charge in [-0.15, -0.1) is 12.4 Å². The summed E-state index contributed by atoms with van der Waals surface area (Å²) < 4.78 is 5.89. The van der Waals surface area contributed by atoms with Crippen molar-refractivity contribution in [2.75, 3.05) is 6.61 Å². The second-order valence-electron chi connectivity index (χ2n) is 7.68. The van der Waals surface area contributed by atoms with E-state index in [-0.39, 0.29) is 41.8 Å². The average Bonchev–Trinajstić information content (AvgIpc) is 2.54. The van der Waals surface area contributed by atoms with Crippen molar-refractivity contribution >= 4 is 18.3 Å². The third-order valence-corrected chi connectivity index (χ3v) is 6.06. The zero-order chi connectivity index (χ0) is 16.8. The lowest BCUT2D eigenvalue weighted by Crippen LogP contribution is -2.82. The molecule has 4 unspecified atom stereocenters. The van der Waals surface area contributed by atoms with Crippen molar-refractivity contribution in [3.8, 4) is 0 Å². The van der Waals surface area contributed by atoms with Gasteiger partial charge in [-0.1, -0.05) is 38.1 Å². The average molecular weight is 353 g/mol. The van der Waals surface area contributed by atoms with Crippen LogP contribution in [0.5, 0.6) is 0 Å². The summed E-state index contributed by atoms with van der Waals surface area (Å²) in [5.74, 6) is 0.0697. The van der Waals surface area contributed by atoms with Crippen molar-refractivity contribution in [3.63, 3.8) is 0 Å². The number of benzene rings is 1. The molecule has 4 atom stereocenters. The molecule has 1 heterocycles. The minimum atomic E-state index is -0.852. The fourth-order valence-electron chi connectivity index (χ4n) is 4.50. The summed E-state index contributed by atoms with van der Waals surface area (Å²) in [5, 5.41) is 3.15. The number of nitrogens with one attached hydrogen (secondary N) is 1. The Hall–Kier alpha value is -1.10. The van der Waals surface area contributed by atoms with Gasteiger partial charge in [0.15, 0.2) is 0 Å². The number of ether oxygens (including phenoxy) is 1. The molecule has 1 aromatic rings. The van der Waals surface area contributed by atoms with Crippen LogP contribution >= 0.6 is 12.4 Å². The zero-order valence-electron chi connectivity index (χ0n) is 15.0. The SMILES string of the molecule is Cc1ccccc1C(C)NC(=O)C1(N)C2CCCOC2C1(C)C.Cl. The number of carbonyl (C=O) groups excluding carboxylic acids is 1. The Morgan fingerprint density at radius 3 is 2.71 bits per heavy atom. The molecule has 3 N–H and O–H groups in total.